The number of carbonyl (C=O) groups is 2. The van der Waals surface area contributed by atoms with E-state index < -0.39 is 11.9 Å². The molecule has 0 aliphatic rings. The van der Waals surface area contributed by atoms with Gasteiger partial charge in [0.2, 0.25) is 5.88 Å². The third kappa shape index (κ3) is 5.03. The Balaban J connectivity index is 3.66. The van der Waals surface area contributed by atoms with Crippen molar-refractivity contribution in [3.05, 3.63) is 30.0 Å². The highest BCUT2D eigenvalue weighted by Crippen LogP contribution is 2.30. The second-order valence-corrected chi connectivity index (χ2v) is 4.57. The lowest BCUT2D eigenvalue weighted by molar-refractivity contribution is -0.140. The molecule has 136 valence electrons. The third-order valence-electron chi connectivity index (χ3n) is 3.03. The van der Waals surface area contributed by atoms with Crippen LogP contribution in [0.15, 0.2) is 24.4 Å². The Morgan fingerprint density at radius 3 is 2.28 bits per heavy atom. The topological polar surface area (TPSA) is 96.8 Å². The zero-order valence-electron chi connectivity index (χ0n) is 14.8. The summed E-state index contributed by atoms with van der Waals surface area (Å²) in [6.45, 7) is 7.24. The summed E-state index contributed by atoms with van der Waals surface area (Å²) < 4.78 is 20.3. The van der Waals surface area contributed by atoms with Crippen molar-refractivity contribution in [2.45, 2.75) is 20.3 Å². The van der Waals surface area contributed by atoms with Crippen LogP contribution < -0.4 is 9.47 Å². The standard InChI is InChI=1S/C17H22N2O6/c1-6-9-11(15(20)24-7-2)13(16(21)25-8-3)12-10-18-17(23-5)19-14(12)22-4/h6,10H,1,7-9H2,2-5H3/b13-11-. The van der Waals surface area contributed by atoms with Crippen molar-refractivity contribution in [2.24, 2.45) is 0 Å². The molecular weight excluding hydrogens is 328 g/mol. The smallest absolute Gasteiger partial charge is 0.339 e. The Morgan fingerprint density at radius 1 is 1.12 bits per heavy atom. The number of rotatable bonds is 9. The van der Waals surface area contributed by atoms with E-state index in [1.807, 2.05) is 0 Å². The Morgan fingerprint density at radius 2 is 1.76 bits per heavy atom. The van der Waals surface area contributed by atoms with Crippen LogP contribution in [0.5, 0.6) is 11.9 Å². The van der Waals surface area contributed by atoms with E-state index in [0.29, 0.717) is 0 Å². The molecule has 1 aromatic heterocycles. The first kappa shape index (κ1) is 20.1. The van der Waals surface area contributed by atoms with Gasteiger partial charge in [-0.1, -0.05) is 6.08 Å². The van der Waals surface area contributed by atoms with Gasteiger partial charge in [0, 0.05) is 6.20 Å². The Labute approximate surface area is 146 Å². The van der Waals surface area contributed by atoms with E-state index in [2.05, 4.69) is 16.5 Å². The quantitative estimate of drug-likeness (QED) is 0.379. The first-order valence-electron chi connectivity index (χ1n) is 7.67. The molecule has 0 N–H and O–H groups in total. The second-order valence-electron chi connectivity index (χ2n) is 4.57. The largest absolute Gasteiger partial charge is 0.480 e. The van der Waals surface area contributed by atoms with E-state index >= 15 is 0 Å². The molecule has 1 heterocycles. The van der Waals surface area contributed by atoms with Gasteiger partial charge in [0.15, 0.2) is 0 Å². The molecule has 0 amide bonds. The van der Waals surface area contributed by atoms with Gasteiger partial charge in [-0.05, 0) is 20.3 Å². The summed E-state index contributed by atoms with van der Waals surface area (Å²) >= 11 is 0. The molecule has 8 heteroatoms. The van der Waals surface area contributed by atoms with Crippen LogP contribution in [-0.2, 0) is 19.1 Å². The number of nitrogens with zero attached hydrogens (tertiary/aromatic N) is 2. The minimum Gasteiger partial charge on any atom is -0.480 e. The maximum atomic E-state index is 12.5. The molecular formula is C17H22N2O6. The number of carbonyl (C=O) groups excluding carboxylic acids is 2. The van der Waals surface area contributed by atoms with Crippen molar-refractivity contribution >= 4 is 17.5 Å². The molecule has 0 aromatic carbocycles. The highest BCUT2D eigenvalue weighted by Gasteiger charge is 2.27. The van der Waals surface area contributed by atoms with Crippen molar-refractivity contribution in [1.82, 2.24) is 9.97 Å². The summed E-state index contributed by atoms with van der Waals surface area (Å²) in [5.74, 6) is -1.29. The lowest BCUT2D eigenvalue weighted by Gasteiger charge is -2.15. The van der Waals surface area contributed by atoms with Crippen LogP contribution in [0.2, 0.25) is 0 Å². The Hall–Kier alpha value is -2.90. The zero-order chi connectivity index (χ0) is 18.8. The Bertz CT molecular complexity index is 669. The minimum atomic E-state index is -0.709. The summed E-state index contributed by atoms with van der Waals surface area (Å²) in [7, 11) is 2.78. The molecule has 0 bridgehead atoms. The summed E-state index contributed by atoms with van der Waals surface area (Å²) in [5, 5.41) is 0. The fraction of sp³-hybridized carbons (Fsp3) is 0.412. The minimum absolute atomic E-state index is 0.0281. The van der Waals surface area contributed by atoms with Crippen LogP contribution in [0.4, 0.5) is 0 Å². The highest BCUT2D eigenvalue weighted by atomic mass is 16.5. The van der Waals surface area contributed by atoms with Gasteiger partial charge >= 0.3 is 17.9 Å². The van der Waals surface area contributed by atoms with Gasteiger partial charge in [0.1, 0.15) is 0 Å². The van der Waals surface area contributed by atoms with E-state index in [9.17, 15) is 9.59 Å². The number of aromatic nitrogens is 2. The van der Waals surface area contributed by atoms with Crippen molar-refractivity contribution in [3.8, 4) is 11.9 Å². The van der Waals surface area contributed by atoms with Crippen molar-refractivity contribution in [2.75, 3.05) is 27.4 Å². The second kappa shape index (κ2) is 10.1. The third-order valence-corrected chi connectivity index (χ3v) is 3.03. The summed E-state index contributed by atoms with van der Waals surface area (Å²) in [5.41, 5.74) is 0.258. The lowest BCUT2D eigenvalue weighted by atomic mass is 9.99. The molecule has 0 saturated heterocycles. The van der Waals surface area contributed by atoms with Gasteiger partial charge < -0.3 is 18.9 Å². The van der Waals surface area contributed by atoms with Crippen LogP contribution in [0.25, 0.3) is 5.57 Å². The summed E-state index contributed by atoms with van der Waals surface area (Å²) in [6.07, 6.45) is 2.92. The van der Waals surface area contributed by atoms with E-state index in [-0.39, 0.29) is 48.2 Å². The highest BCUT2D eigenvalue weighted by molar-refractivity contribution is 6.23. The van der Waals surface area contributed by atoms with Gasteiger partial charge in [-0.2, -0.15) is 4.98 Å². The average molecular weight is 350 g/mol. The van der Waals surface area contributed by atoms with E-state index in [1.54, 1.807) is 13.8 Å². The molecule has 25 heavy (non-hydrogen) atoms. The lowest BCUT2D eigenvalue weighted by Crippen LogP contribution is -2.17. The van der Waals surface area contributed by atoms with Crippen LogP contribution in [0.1, 0.15) is 25.8 Å². The van der Waals surface area contributed by atoms with E-state index in [0.717, 1.165) is 0 Å². The van der Waals surface area contributed by atoms with E-state index in [4.69, 9.17) is 18.9 Å². The van der Waals surface area contributed by atoms with Crippen LogP contribution in [0, 0.1) is 0 Å². The molecule has 0 aliphatic carbocycles. The van der Waals surface area contributed by atoms with Crippen LogP contribution in [-0.4, -0.2) is 49.3 Å². The number of allylic oxidation sites excluding steroid dienone is 1. The normalized spacial score (nSPS) is 11.2. The van der Waals surface area contributed by atoms with Crippen LogP contribution >= 0.6 is 0 Å². The fourth-order valence-corrected chi connectivity index (χ4v) is 2.03. The Kier molecular flexibility index (Phi) is 8.11. The molecule has 0 unspecified atom stereocenters. The predicted molar refractivity (Wildman–Crippen MR) is 90.1 cm³/mol. The molecule has 0 radical (unpaired) electrons. The SMILES string of the molecule is C=CC/C(C(=O)OCC)=C(/C(=O)OCC)c1cnc(OC)nc1OC. The fourth-order valence-electron chi connectivity index (χ4n) is 2.03. The number of esters is 2. The van der Waals surface area contributed by atoms with Crippen molar-refractivity contribution in [1.29, 1.82) is 0 Å². The van der Waals surface area contributed by atoms with Gasteiger partial charge in [0.25, 0.3) is 0 Å². The number of hydrogen-bond donors (Lipinski definition) is 0. The van der Waals surface area contributed by atoms with Gasteiger partial charge in [-0.25, -0.2) is 14.6 Å². The van der Waals surface area contributed by atoms with E-state index in [1.165, 1.54) is 26.5 Å². The molecule has 0 aliphatic heterocycles. The molecule has 0 saturated carbocycles. The first-order valence-corrected chi connectivity index (χ1v) is 7.67. The molecule has 1 rings (SSSR count). The molecule has 1 aromatic rings. The summed E-state index contributed by atoms with van der Waals surface area (Å²) in [4.78, 5) is 32.9. The van der Waals surface area contributed by atoms with Gasteiger partial charge in [-0.3, -0.25) is 0 Å². The maximum absolute atomic E-state index is 12.5. The molecule has 0 atom stereocenters. The summed E-state index contributed by atoms with van der Waals surface area (Å²) in [6, 6.07) is 0.0604. The van der Waals surface area contributed by atoms with Gasteiger partial charge in [0.05, 0.1) is 44.1 Å². The number of ether oxygens (including phenoxy) is 4. The maximum Gasteiger partial charge on any atom is 0.339 e. The van der Waals surface area contributed by atoms with Crippen molar-refractivity contribution < 1.29 is 28.5 Å². The molecule has 8 nitrogen and oxygen atoms in total. The van der Waals surface area contributed by atoms with Crippen LogP contribution in [0.3, 0.4) is 0 Å². The zero-order valence-corrected chi connectivity index (χ0v) is 14.8. The molecule has 0 fully saturated rings. The predicted octanol–water partition coefficient (Wildman–Crippen LogP) is 1.95. The first-order chi connectivity index (χ1) is 12.0. The number of methoxy groups -OCH3 is 2. The monoisotopic (exact) mass is 350 g/mol. The average Bonchev–Trinajstić information content (AvgIpc) is 2.61. The number of hydrogen-bond acceptors (Lipinski definition) is 8. The van der Waals surface area contributed by atoms with Crippen molar-refractivity contribution in [3.63, 3.8) is 0 Å². The molecule has 0 spiro atoms. The van der Waals surface area contributed by atoms with Gasteiger partial charge in [-0.15, -0.1) is 6.58 Å².